The topological polar surface area (TPSA) is 64.4 Å². The fourth-order valence-corrected chi connectivity index (χ4v) is 2.02. The molecule has 0 unspecified atom stereocenters. The summed E-state index contributed by atoms with van der Waals surface area (Å²) in [5, 5.41) is 14.0. The summed E-state index contributed by atoms with van der Waals surface area (Å²) in [5.74, 6) is 0. The number of hydrogen-bond acceptors (Lipinski definition) is 4. The van der Waals surface area contributed by atoms with E-state index in [0.717, 1.165) is 25.4 Å². The molecule has 0 saturated carbocycles. The Morgan fingerprint density at radius 2 is 2.29 bits per heavy atom. The summed E-state index contributed by atoms with van der Waals surface area (Å²) >= 11 is 3.16. The average molecular weight is 301 g/mol. The van der Waals surface area contributed by atoms with Gasteiger partial charge in [0.25, 0.3) is 5.69 Å². The smallest absolute Gasteiger partial charge is 0.285 e. The lowest BCUT2D eigenvalue weighted by atomic mass is 9.89. The van der Waals surface area contributed by atoms with Crippen LogP contribution in [0.25, 0.3) is 0 Å². The van der Waals surface area contributed by atoms with Crippen molar-refractivity contribution in [1.29, 1.82) is 0 Å². The van der Waals surface area contributed by atoms with E-state index in [0.29, 0.717) is 4.47 Å². The molecule has 0 aromatic heterocycles. The van der Waals surface area contributed by atoms with Crippen molar-refractivity contribution in [3.8, 4) is 0 Å². The van der Waals surface area contributed by atoms with Gasteiger partial charge in [0, 0.05) is 23.7 Å². The zero-order valence-corrected chi connectivity index (χ0v) is 11.0. The summed E-state index contributed by atoms with van der Waals surface area (Å²) in [6.45, 7) is 4.35. The zero-order valence-electron chi connectivity index (χ0n) is 9.40. The van der Waals surface area contributed by atoms with Gasteiger partial charge in [0.2, 0.25) is 0 Å². The standard InChI is InChI=1S/C11H13BrN2O3/c1-11(6-17-7-11)5-13-8-2-3-9(12)10(4-8)14(15)16/h2-4,13H,5-7H2,1H3. The van der Waals surface area contributed by atoms with Crippen LogP contribution >= 0.6 is 15.9 Å². The number of rotatable bonds is 4. The number of nitrogens with zero attached hydrogens (tertiary/aromatic N) is 1. The number of nitrogens with one attached hydrogen (secondary N) is 1. The molecule has 0 spiro atoms. The lowest BCUT2D eigenvalue weighted by molar-refractivity contribution is -0.385. The highest BCUT2D eigenvalue weighted by molar-refractivity contribution is 9.10. The first-order valence-corrected chi connectivity index (χ1v) is 6.05. The number of ether oxygens (including phenoxy) is 1. The van der Waals surface area contributed by atoms with Gasteiger partial charge in [-0.25, -0.2) is 0 Å². The van der Waals surface area contributed by atoms with Crippen LogP contribution in [0.3, 0.4) is 0 Å². The van der Waals surface area contributed by atoms with E-state index in [1.807, 2.05) is 6.07 Å². The van der Waals surface area contributed by atoms with Crippen molar-refractivity contribution in [2.75, 3.05) is 25.1 Å². The Bertz CT molecular complexity index is 446. The maximum Gasteiger partial charge on any atom is 0.285 e. The first-order chi connectivity index (χ1) is 8.00. The molecule has 1 aromatic rings. The number of hydrogen-bond donors (Lipinski definition) is 1. The molecule has 1 heterocycles. The van der Waals surface area contributed by atoms with Gasteiger partial charge in [0.1, 0.15) is 0 Å². The molecular weight excluding hydrogens is 288 g/mol. The number of halogens is 1. The maximum atomic E-state index is 10.8. The van der Waals surface area contributed by atoms with Crippen molar-refractivity contribution in [2.24, 2.45) is 5.41 Å². The molecule has 0 radical (unpaired) electrons. The highest BCUT2D eigenvalue weighted by Gasteiger charge is 2.33. The Morgan fingerprint density at radius 1 is 1.59 bits per heavy atom. The van der Waals surface area contributed by atoms with Crippen molar-refractivity contribution in [3.05, 3.63) is 32.8 Å². The van der Waals surface area contributed by atoms with E-state index < -0.39 is 4.92 Å². The van der Waals surface area contributed by atoms with Crippen molar-refractivity contribution >= 4 is 27.3 Å². The van der Waals surface area contributed by atoms with Gasteiger partial charge in [-0.2, -0.15) is 0 Å². The molecule has 1 aliphatic heterocycles. The van der Waals surface area contributed by atoms with Crippen LogP contribution < -0.4 is 5.32 Å². The van der Waals surface area contributed by atoms with Crippen LogP contribution in [0.5, 0.6) is 0 Å². The molecule has 0 bridgehead atoms. The number of anilines is 1. The number of nitro groups is 1. The third-order valence-electron chi connectivity index (χ3n) is 2.76. The van der Waals surface area contributed by atoms with Gasteiger partial charge in [0.15, 0.2) is 0 Å². The highest BCUT2D eigenvalue weighted by Crippen LogP contribution is 2.30. The Kier molecular flexibility index (Phi) is 3.35. The Hall–Kier alpha value is -1.14. The van der Waals surface area contributed by atoms with Crippen LogP contribution in [0.4, 0.5) is 11.4 Å². The third-order valence-corrected chi connectivity index (χ3v) is 3.43. The van der Waals surface area contributed by atoms with Gasteiger partial charge < -0.3 is 10.1 Å². The van der Waals surface area contributed by atoms with Gasteiger partial charge in [-0.3, -0.25) is 10.1 Å². The largest absolute Gasteiger partial charge is 0.384 e. The molecular formula is C11H13BrN2O3. The van der Waals surface area contributed by atoms with Crippen LogP contribution in [-0.4, -0.2) is 24.7 Å². The maximum absolute atomic E-state index is 10.8. The minimum atomic E-state index is -0.399. The van der Waals surface area contributed by atoms with Crippen molar-refractivity contribution in [1.82, 2.24) is 0 Å². The second-order valence-electron chi connectivity index (χ2n) is 4.58. The van der Waals surface area contributed by atoms with Crippen molar-refractivity contribution in [3.63, 3.8) is 0 Å². The predicted octanol–water partition coefficient (Wildman–Crippen LogP) is 2.81. The summed E-state index contributed by atoms with van der Waals surface area (Å²) in [5.41, 5.74) is 0.972. The summed E-state index contributed by atoms with van der Waals surface area (Å²) in [7, 11) is 0. The summed E-state index contributed by atoms with van der Waals surface area (Å²) in [4.78, 5) is 10.4. The minimum Gasteiger partial charge on any atom is -0.384 e. The first kappa shape index (κ1) is 12.3. The third kappa shape index (κ3) is 2.76. The van der Waals surface area contributed by atoms with Gasteiger partial charge >= 0.3 is 0 Å². The van der Waals surface area contributed by atoms with E-state index in [2.05, 4.69) is 28.2 Å². The quantitative estimate of drug-likeness (QED) is 0.686. The van der Waals surface area contributed by atoms with Crippen molar-refractivity contribution in [2.45, 2.75) is 6.92 Å². The van der Waals surface area contributed by atoms with Crippen LogP contribution in [0, 0.1) is 15.5 Å². The Morgan fingerprint density at radius 3 is 2.82 bits per heavy atom. The fourth-order valence-electron chi connectivity index (χ4n) is 1.63. The molecule has 17 heavy (non-hydrogen) atoms. The van der Waals surface area contributed by atoms with E-state index in [1.165, 1.54) is 6.07 Å². The minimum absolute atomic E-state index is 0.0741. The van der Waals surface area contributed by atoms with E-state index in [9.17, 15) is 10.1 Å². The molecule has 92 valence electrons. The zero-order chi connectivity index (χ0) is 12.5. The molecule has 1 N–H and O–H groups in total. The average Bonchev–Trinajstić information content (AvgIpc) is 2.25. The van der Waals surface area contributed by atoms with E-state index in [1.54, 1.807) is 6.07 Å². The molecule has 0 aliphatic carbocycles. The highest BCUT2D eigenvalue weighted by atomic mass is 79.9. The van der Waals surface area contributed by atoms with Gasteiger partial charge in [-0.05, 0) is 28.1 Å². The van der Waals surface area contributed by atoms with E-state index in [-0.39, 0.29) is 11.1 Å². The number of benzene rings is 1. The monoisotopic (exact) mass is 300 g/mol. The Balaban J connectivity index is 2.06. The molecule has 1 aromatic carbocycles. The van der Waals surface area contributed by atoms with Crippen LogP contribution in [-0.2, 0) is 4.74 Å². The molecule has 1 aliphatic rings. The number of nitro benzene ring substituents is 1. The van der Waals surface area contributed by atoms with Crippen LogP contribution in [0.2, 0.25) is 0 Å². The normalized spacial score (nSPS) is 17.3. The van der Waals surface area contributed by atoms with Gasteiger partial charge in [-0.15, -0.1) is 0 Å². The summed E-state index contributed by atoms with van der Waals surface area (Å²) in [6.07, 6.45) is 0. The fraction of sp³-hybridized carbons (Fsp3) is 0.455. The van der Waals surface area contributed by atoms with E-state index >= 15 is 0 Å². The SMILES string of the molecule is CC1(CNc2ccc(Br)c([N+](=O)[O-])c2)COC1. The Labute approximate surface area is 107 Å². The molecule has 6 heteroatoms. The van der Waals surface area contributed by atoms with Crippen LogP contribution in [0.1, 0.15) is 6.92 Å². The first-order valence-electron chi connectivity index (χ1n) is 5.26. The molecule has 1 fully saturated rings. The second-order valence-corrected chi connectivity index (χ2v) is 5.43. The van der Waals surface area contributed by atoms with Gasteiger partial charge in [-0.1, -0.05) is 6.92 Å². The molecule has 0 amide bonds. The molecule has 1 saturated heterocycles. The molecule has 5 nitrogen and oxygen atoms in total. The van der Waals surface area contributed by atoms with Crippen LogP contribution in [0.15, 0.2) is 22.7 Å². The summed E-state index contributed by atoms with van der Waals surface area (Å²) < 4.78 is 5.64. The lowest BCUT2D eigenvalue weighted by Crippen LogP contribution is -2.45. The van der Waals surface area contributed by atoms with Gasteiger partial charge in [0.05, 0.1) is 22.6 Å². The predicted molar refractivity (Wildman–Crippen MR) is 68.2 cm³/mol. The van der Waals surface area contributed by atoms with Crippen molar-refractivity contribution < 1.29 is 9.66 Å². The molecule has 0 atom stereocenters. The molecule has 2 rings (SSSR count). The second kappa shape index (κ2) is 4.62. The van der Waals surface area contributed by atoms with E-state index in [4.69, 9.17) is 4.74 Å². The summed E-state index contributed by atoms with van der Waals surface area (Å²) in [6, 6.07) is 5.03. The lowest BCUT2D eigenvalue weighted by Gasteiger charge is -2.38.